The molecule has 0 saturated heterocycles. The molecule has 100 valence electrons. The number of hydrogen-bond donors (Lipinski definition) is 0. The van der Waals surface area contributed by atoms with Gasteiger partial charge in [0.25, 0.3) is 5.91 Å². The zero-order valence-corrected chi connectivity index (χ0v) is 12.5. The summed E-state index contributed by atoms with van der Waals surface area (Å²) in [4.78, 5) is 15.6. The number of benzene rings is 1. The van der Waals surface area contributed by atoms with Gasteiger partial charge in [0.15, 0.2) is 0 Å². The summed E-state index contributed by atoms with van der Waals surface area (Å²) in [6.45, 7) is 7.55. The van der Waals surface area contributed by atoms with Crippen molar-refractivity contribution in [3.8, 4) is 0 Å². The van der Waals surface area contributed by atoms with Crippen LogP contribution in [0.3, 0.4) is 0 Å². The van der Waals surface area contributed by atoms with E-state index in [0.717, 1.165) is 17.7 Å². The molecule has 0 bridgehead atoms. The number of hydrogen-bond acceptors (Lipinski definition) is 2. The van der Waals surface area contributed by atoms with Crippen LogP contribution in [0.4, 0.5) is 0 Å². The number of carbonyl (C=O) groups excluding carboxylic acids is 1. The molecule has 1 aromatic carbocycles. The Kier molecular flexibility index (Phi) is 4.38. The van der Waals surface area contributed by atoms with Crippen molar-refractivity contribution in [2.75, 3.05) is 6.54 Å². The van der Waals surface area contributed by atoms with E-state index in [1.165, 1.54) is 10.4 Å². The fourth-order valence-electron chi connectivity index (χ4n) is 1.97. The normalized spacial score (nSPS) is 10.5. The maximum Gasteiger partial charge on any atom is 0.254 e. The lowest BCUT2D eigenvalue weighted by atomic mass is 10.1. The molecule has 2 rings (SSSR count). The van der Waals surface area contributed by atoms with E-state index in [2.05, 4.69) is 13.0 Å². The molecule has 0 aliphatic carbocycles. The van der Waals surface area contributed by atoms with Crippen molar-refractivity contribution in [1.82, 2.24) is 4.90 Å². The van der Waals surface area contributed by atoms with E-state index in [1.807, 2.05) is 48.4 Å². The minimum absolute atomic E-state index is 0.110. The molecule has 0 aliphatic heterocycles. The highest BCUT2D eigenvalue weighted by molar-refractivity contribution is 7.09. The summed E-state index contributed by atoms with van der Waals surface area (Å²) in [7, 11) is 0. The number of nitrogens with zero attached hydrogens (tertiary/aromatic N) is 1. The lowest BCUT2D eigenvalue weighted by Gasteiger charge is -2.20. The molecule has 1 aromatic heterocycles. The van der Waals surface area contributed by atoms with Gasteiger partial charge in [0.05, 0.1) is 6.54 Å². The van der Waals surface area contributed by atoms with Gasteiger partial charge in [0, 0.05) is 17.0 Å². The predicted molar refractivity (Wildman–Crippen MR) is 80.6 cm³/mol. The Morgan fingerprint density at radius 1 is 1.21 bits per heavy atom. The van der Waals surface area contributed by atoms with Crippen LogP contribution in [0, 0.1) is 13.8 Å². The van der Waals surface area contributed by atoms with Gasteiger partial charge in [0.1, 0.15) is 0 Å². The van der Waals surface area contributed by atoms with Gasteiger partial charge in [0.2, 0.25) is 0 Å². The standard InChI is InChI=1S/C16H19NOS/c1-4-17(11-15-6-5-9-19-15)16(18)14-8-7-12(2)13(3)10-14/h5-10H,4,11H2,1-3H3. The van der Waals surface area contributed by atoms with Crippen molar-refractivity contribution in [2.45, 2.75) is 27.3 Å². The molecule has 0 N–H and O–H groups in total. The predicted octanol–water partition coefficient (Wildman–Crippen LogP) is 4.03. The number of thiophene rings is 1. The van der Waals surface area contributed by atoms with Gasteiger partial charge in [-0.25, -0.2) is 0 Å². The van der Waals surface area contributed by atoms with Crippen molar-refractivity contribution in [3.63, 3.8) is 0 Å². The summed E-state index contributed by atoms with van der Waals surface area (Å²) in [6, 6.07) is 10.0. The number of rotatable bonds is 4. The largest absolute Gasteiger partial charge is 0.334 e. The fraction of sp³-hybridized carbons (Fsp3) is 0.312. The van der Waals surface area contributed by atoms with E-state index >= 15 is 0 Å². The quantitative estimate of drug-likeness (QED) is 0.823. The van der Waals surface area contributed by atoms with E-state index in [0.29, 0.717) is 6.54 Å². The summed E-state index contributed by atoms with van der Waals surface area (Å²) in [5, 5.41) is 2.05. The molecule has 3 heteroatoms. The molecule has 0 radical (unpaired) electrons. The number of aryl methyl sites for hydroxylation is 2. The Morgan fingerprint density at radius 3 is 2.58 bits per heavy atom. The highest BCUT2D eigenvalue weighted by Gasteiger charge is 2.15. The third-order valence-electron chi connectivity index (χ3n) is 3.35. The summed E-state index contributed by atoms with van der Waals surface area (Å²) < 4.78 is 0. The van der Waals surface area contributed by atoms with Crippen LogP contribution >= 0.6 is 11.3 Å². The van der Waals surface area contributed by atoms with E-state index in [9.17, 15) is 4.79 Å². The monoisotopic (exact) mass is 273 g/mol. The van der Waals surface area contributed by atoms with E-state index < -0.39 is 0 Å². The fourth-order valence-corrected chi connectivity index (χ4v) is 2.69. The second kappa shape index (κ2) is 6.02. The van der Waals surface area contributed by atoms with E-state index in [1.54, 1.807) is 11.3 Å². The Bertz CT molecular complexity index is 560. The second-order valence-corrected chi connectivity index (χ2v) is 5.73. The molecule has 0 saturated carbocycles. The minimum Gasteiger partial charge on any atom is -0.334 e. The molecule has 0 aliphatic rings. The lowest BCUT2D eigenvalue weighted by molar-refractivity contribution is 0.0754. The van der Waals surface area contributed by atoms with Crippen molar-refractivity contribution in [3.05, 3.63) is 57.3 Å². The average molecular weight is 273 g/mol. The summed E-state index contributed by atoms with van der Waals surface area (Å²) >= 11 is 1.69. The van der Waals surface area contributed by atoms with Gasteiger partial charge in [-0.2, -0.15) is 0 Å². The summed E-state index contributed by atoms with van der Waals surface area (Å²) in [5.74, 6) is 0.110. The van der Waals surface area contributed by atoms with Gasteiger partial charge in [-0.05, 0) is 55.5 Å². The third-order valence-corrected chi connectivity index (χ3v) is 4.21. The molecular weight excluding hydrogens is 254 g/mol. The topological polar surface area (TPSA) is 20.3 Å². The molecule has 2 aromatic rings. The zero-order chi connectivity index (χ0) is 13.8. The van der Waals surface area contributed by atoms with Crippen LogP contribution in [-0.4, -0.2) is 17.4 Å². The van der Waals surface area contributed by atoms with Gasteiger partial charge in [-0.15, -0.1) is 11.3 Å². The SMILES string of the molecule is CCN(Cc1cccs1)C(=O)c1ccc(C)c(C)c1. The molecule has 2 nitrogen and oxygen atoms in total. The Labute approximate surface area is 118 Å². The molecule has 0 unspecified atom stereocenters. The van der Waals surface area contributed by atoms with Crippen molar-refractivity contribution < 1.29 is 4.79 Å². The Morgan fingerprint density at radius 2 is 2.00 bits per heavy atom. The van der Waals surface area contributed by atoms with Crippen LogP contribution in [0.5, 0.6) is 0 Å². The first-order valence-corrected chi connectivity index (χ1v) is 7.38. The van der Waals surface area contributed by atoms with Crippen molar-refractivity contribution in [2.24, 2.45) is 0 Å². The molecule has 0 atom stereocenters. The molecule has 1 heterocycles. The van der Waals surface area contributed by atoms with Crippen molar-refractivity contribution >= 4 is 17.2 Å². The minimum atomic E-state index is 0.110. The first-order valence-electron chi connectivity index (χ1n) is 6.50. The lowest BCUT2D eigenvalue weighted by Crippen LogP contribution is -2.30. The van der Waals surface area contributed by atoms with Gasteiger partial charge >= 0.3 is 0 Å². The maximum atomic E-state index is 12.5. The Balaban J connectivity index is 2.18. The highest BCUT2D eigenvalue weighted by Crippen LogP contribution is 2.16. The van der Waals surface area contributed by atoms with Gasteiger partial charge in [-0.3, -0.25) is 4.79 Å². The van der Waals surface area contributed by atoms with Gasteiger partial charge < -0.3 is 4.90 Å². The van der Waals surface area contributed by atoms with E-state index in [4.69, 9.17) is 0 Å². The number of amides is 1. The van der Waals surface area contributed by atoms with E-state index in [-0.39, 0.29) is 5.91 Å². The zero-order valence-electron chi connectivity index (χ0n) is 11.6. The molecule has 1 amide bonds. The number of carbonyl (C=O) groups is 1. The van der Waals surface area contributed by atoms with Crippen LogP contribution in [0.15, 0.2) is 35.7 Å². The van der Waals surface area contributed by atoms with Crippen LogP contribution in [0.1, 0.15) is 33.3 Å². The maximum absolute atomic E-state index is 12.5. The molecular formula is C16H19NOS. The van der Waals surface area contributed by atoms with Crippen LogP contribution < -0.4 is 0 Å². The molecule has 19 heavy (non-hydrogen) atoms. The smallest absolute Gasteiger partial charge is 0.254 e. The summed E-state index contributed by atoms with van der Waals surface area (Å²) in [5.41, 5.74) is 3.16. The van der Waals surface area contributed by atoms with Gasteiger partial charge in [-0.1, -0.05) is 12.1 Å². The Hall–Kier alpha value is -1.61. The highest BCUT2D eigenvalue weighted by atomic mass is 32.1. The third kappa shape index (κ3) is 3.24. The van der Waals surface area contributed by atoms with Crippen LogP contribution in [-0.2, 0) is 6.54 Å². The molecule has 0 spiro atoms. The summed E-state index contributed by atoms with van der Waals surface area (Å²) in [6.07, 6.45) is 0. The van der Waals surface area contributed by atoms with Crippen LogP contribution in [0.2, 0.25) is 0 Å². The first kappa shape index (κ1) is 13.8. The average Bonchev–Trinajstić information content (AvgIpc) is 2.91. The molecule has 0 fully saturated rings. The first-order chi connectivity index (χ1) is 9.11. The second-order valence-electron chi connectivity index (χ2n) is 4.70. The van der Waals surface area contributed by atoms with Crippen LogP contribution in [0.25, 0.3) is 0 Å². The van der Waals surface area contributed by atoms with Crippen molar-refractivity contribution in [1.29, 1.82) is 0 Å².